The molecule has 0 spiro atoms. The summed E-state index contributed by atoms with van der Waals surface area (Å²) in [4.78, 5) is 35.6. The number of benzene rings is 2. The minimum absolute atomic E-state index is 0.0325. The van der Waals surface area contributed by atoms with E-state index in [9.17, 15) is 14.7 Å². The average Bonchev–Trinajstić information content (AvgIpc) is 3.16. The molecule has 1 aromatic heterocycles. The van der Waals surface area contributed by atoms with E-state index in [1.54, 1.807) is 14.0 Å². The summed E-state index contributed by atoms with van der Waals surface area (Å²) in [7, 11) is 1.61. The number of fused-ring (bicyclic) bond motifs is 1. The van der Waals surface area contributed by atoms with E-state index in [-0.39, 0.29) is 11.0 Å². The van der Waals surface area contributed by atoms with Crippen LogP contribution in [0.4, 0.5) is 5.82 Å². The largest absolute Gasteiger partial charge is 0.497 e. The zero-order chi connectivity index (χ0) is 26.9. The first-order valence-electron chi connectivity index (χ1n) is 12.4. The van der Waals surface area contributed by atoms with Crippen LogP contribution in [-0.2, 0) is 23.2 Å². The fourth-order valence-corrected chi connectivity index (χ4v) is 4.96. The number of methoxy groups -OCH3 is 1. The Morgan fingerprint density at radius 1 is 1.11 bits per heavy atom. The van der Waals surface area contributed by atoms with Gasteiger partial charge in [-0.2, -0.15) is 0 Å². The number of hydrogen-bond donors (Lipinski definition) is 1. The van der Waals surface area contributed by atoms with Gasteiger partial charge in [-0.15, -0.1) is 0 Å². The molecule has 1 aliphatic rings. The lowest BCUT2D eigenvalue weighted by atomic mass is 9.86. The molecule has 0 amide bonds. The molecular weight excluding hydrogens is 470 g/mol. The van der Waals surface area contributed by atoms with Crippen LogP contribution in [0.5, 0.6) is 11.5 Å². The summed E-state index contributed by atoms with van der Waals surface area (Å²) in [6.45, 7) is 10.3. The van der Waals surface area contributed by atoms with Gasteiger partial charge in [0.25, 0.3) is 0 Å². The van der Waals surface area contributed by atoms with E-state index in [1.807, 2.05) is 48.2 Å². The molecule has 4 rings (SSSR count). The van der Waals surface area contributed by atoms with Gasteiger partial charge in [-0.3, -0.25) is 4.79 Å². The molecule has 0 fully saturated rings. The van der Waals surface area contributed by atoms with Gasteiger partial charge in [0.05, 0.1) is 18.4 Å². The van der Waals surface area contributed by atoms with Gasteiger partial charge in [0, 0.05) is 20.0 Å². The molecule has 0 bridgehead atoms. The Kier molecular flexibility index (Phi) is 7.21. The Balaban J connectivity index is 1.86. The molecular formula is C29H33N3O5. The lowest BCUT2D eigenvalue weighted by Crippen LogP contribution is -2.26. The van der Waals surface area contributed by atoms with E-state index >= 15 is 0 Å². The van der Waals surface area contributed by atoms with Crippen molar-refractivity contribution in [1.82, 2.24) is 9.97 Å². The molecule has 1 N–H and O–H groups in total. The van der Waals surface area contributed by atoms with Crippen molar-refractivity contribution in [3.63, 3.8) is 0 Å². The van der Waals surface area contributed by atoms with E-state index in [4.69, 9.17) is 14.5 Å². The van der Waals surface area contributed by atoms with E-state index in [0.717, 1.165) is 35.3 Å². The first-order chi connectivity index (χ1) is 17.6. The van der Waals surface area contributed by atoms with Gasteiger partial charge in [0.2, 0.25) is 0 Å². The van der Waals surface area contributed by atoms with Gasteiger partial charge < -0.3 is 19.5 Å². The maximum Gasteiger partial charge on any atom is 0.341 e. The predicted octanol–water partition coefficient (Wildman–Crippen LogP) is 5.33. The van der Waals surface area contributed by atoms with Gasteiger partial charge in [-0.25, -0.2) is 14.8 Å². The fraction of sp³-hybridized carbons (Fsp3) is 0.379. The van der Waals surface area contributed by atoms with Crippen LogP contribution in [0, 0.1) is 6.92 Å². The third-order valence-corrected chi connectivity index (χ3v) is 6.97. The standard InChI is InChI=1S/C29H33N3O5/c1-7-32(16-19-8-10-20(36-6)11-9-19)27-24(28(34)35)17(2)30-26(31-27)22-12-13-23-21(14-15-29(23,4)5)25(22)37-18(3)33/h8-13H,7,14-16H2,1-6H3,(H,34,35). The molecule has 0 radical (unpaired) electrons. The molecule has 0 atom stereocenters. The molecule has 0 saturated carbocycles. The average molecular weight is 504 g/mol. The molecule has 1 aliphatic carbocycles. The van der Waals surface area contributed by atoms with Crippen LogP contribution in [-0.4, -0.2) is 40.7 Å². The van der Waals surface area contributed by atoms with Crippen LogP contribution in [0.25, 0.3) is 11.4 Å². The number of anilines is 1. The highest BCUT2D eigenvalue weighted by atomic mass is 16.5. The molecule has 0 unspecified atom stereocenters. The second kappa shape index (κ2) is 10.2. The van der Waals surface area contributed by atoms with Crippen molar-refractivity contribution >= 4 is 17.8 Å². The normalized spacial score (nSPS) is 13.7. The Hall–Kier alpha value is -3.94. The molecule has 8 heteroatoms. The van der Waals surface area contributed by atoms with Gasteiger partial charge in [-0.1, -0.05) is 32.0 Å². The zero-order valence-electron chi connectivity index (χ0n) is 22.2. The van der Waals surface area contributed by atoms with Crippen molar-refractivity contribution in [2.75, 3.05) is 18.6 Å². The smallest absolute Gasteiger partial charge is 0.341 e. The lowest BCUT2D eigenvalue weighted by molar-refractivity contribution is -0.131. The van der Waals surface area contributed by atoms with Crippen LogP contribution in [0.3, 0.4) is 0 Å². The minimum Gasteiger partial charge on any atom is -0.497 e. The SMILES string of the molecule is CCN(Cc1ccc(OC)cc1)c1nc(-c2ccc3c(c2OC(C)=O)CCC3(C)C)nc(C)c1C(=O)O. The number of carbonyl (C=O) groups is 2. The lowest BCUT2D eigenvalue weighted by Gasteiger charge is -2.25. The Bertz CT molecular complexity index is 1350. The number of ether oxygens (including phenoxy) is 2. The van der Waals surface area contributed by atoms with Crippen molar-refractivity contribution < 1.29 is 24.2 Å². The van der Waals surface area contributed by atoms with Gasteiger partial charge in [-0.05, 0) is 67.0 Å². The number of carbonyl (C=O) groups excluding carboxylic acids is 1. The van der Waals surface area contributed by atoms with E-state index < -0.39 is 11.9 Å². The third-order valence-electron chi connectivity index (χ3n) is 6.97. The Morgan fingerprint density at radius 3 is 2.41 bits per heavy atom. The number of carboxylic acids is 1. The third kappa shape index (κ3) is 5.14. The first kappa shape index (κ1) is 26.1. The number of aromatic nitrogens is 2. The molecule has 37 heavy (non-hydrogen) atoms. The summed E-state index contributed by atoms with van der Waals surface area (Å²) >= 11 is 0. The van der Waals surface area contributed by atoms with Crippen LogP contribution in [0.2, 0.25) is 0 Å². The quantitative estimate of drug-likeness (QED) is 0.325. The monoisotopic (exact) mass is 503 g/mol. The van der Waals surface area contributed by atoms with E-state index in [2.05, 4.69) is 18.8 Å². The summed E-state index contributed by atoms with van der Waals surface area (Å²) in [6, 6.07) is 11.5. The van der Waals surface area contributed by atoms with Crippen LogP contribution < -0.4 is 14.4 Å². The maximum absolute atomic E-state index is 12.3. The maximum atomic E-state index is 12.3. The summed E-state index contributed by atoms with van der Waals surface area (Å²) in [5.41, 5.74) is 4.04. The fourth-order valence-electron chi connectivity index (χ4n) is 4.96. The summed E-state index contributed by atoms with van der Waals surface area (Å²) < 4.78 is 11.0. The summed E-state index contributed by atoms with van der Waals surface area (Å²) in [5, 5.41) is 10.1. The van der Waals surface area contributed by atoms with Gasteiger partial charge in [0.1, 0.15) is 22.9 Å². The van der Waals surface area contributed by atoms with Crippen molar-refractivity contribution in [3.8, 4) is 22.9 Å². The highest BCUT2D eigenvalue weighted by Crippen LogP contribution is 2.46. The second-order valence-electron chi connectivity index (χ2n) is 9.94. The number of aryl methyl sites for hydroxylation is 1. The summed E-state index contributed by atoms with van der Waals surface area (Å²) in [6.07, 6.45) is 1.71. The molecule has 0 aliphatic heterocycles. The number of aromatic carboxylic acids is 1. The van der Waals surface area contributed by atoms with Crippen molar-refractivity contribution in [2.45, 2.75) is 59.4 Å². The molecule has 3 aromatic rings. The van der Waals surface area contributed by atoms with E-state index in [0.29, 0.717) is 41.7 Å². The Labute approximate surface area is 217 Å². The number of carboxylic acid groups (broad SMARTS) is 1. The second-order valence-corrected chi connectivity index (χ2v) is 9.94. The Morgan fingerprint density at radius 2 is 1.81 bits per heavy atom. The van der Waals surface area contributed by atoms with Crippen LogP contribution >= 0.6 is 0 Å². The first-order valence-corrected chi connectivity index (χ1v) is 12.4. The molecule has 8 nitrogen and oxygen atoms in total. The predicted molar refractivity (Wildman–Crippen MR) is 142 cm³/mol. The number of esters is 1. The highest BCUT2D eigenvalue weighted by Gasteiger charge is 2.34. The molecule has 2 aromatic carbocycles. The van der Waals surface area contributed by atoms with Crippen LogP contribution in [0.1, 0.15) is 66.9 Å². The molecule has 194 valence electrons. The van der Waals surface area contributed by atoms with Crippen molar-refractivity contribution in [2.24, 2.45) is 0 Å². The van der Waals surface area contributed by atoms with Crippen molar-refractivity contribution in [1.29, 1.82) is 0 Å². The molecule has 1 heterocycles. The summed E-state index contributed by atoms with van der Waals surface area (Å²) in [5.74, 6) is 0.340. The zero-order valence-corrected chi connectivity index (χ0v) is 22.2. The minimum atomic E-state index is -1.09. The highest BCUT2D eigenvalue weighted by molar-refractivity contribution is 5.95. The van der Waals surface area contributed by atoms with Crippen molar-refractivity contribution in [3.05, 3.63) is 64.3 Å². The topological polar surface area (TPSA) is 102 Å². The number of nitrogens with zero attached hydrogens (tertiary/aromatic N) is 3. The number of hydrogen-bond acceptors (Lipinski definition) is 7. The number of rotatable bonds is 8. The van der Waals surface area contributed by atoms with Gasteiger partial charge >= 0.3 is 11.9 Å². The van der Waals surface area contributed by atoms with Crippen LogP contribution in [0.15, 0.2) is 36.4 Å². The van der Waals surface area contributed by atoms with E-state index in [1.165, 1.54) is 6.92 Å². The van der Waals surface area contributed by atoms with Gasteiger partial charge in [0.15, 0.2) is 5.82 Å². The molecule has 0 saturated heterocycles.